The molecule has 3 aliphatic rings. The van der Waals surface area contributed by atoms with Gasteiger partial charge in [-0.25, -0.2) is 0 Å². The largest absolute Gasteiger partial charge is 0.483 e. The average molecular weight is 880 g/mol. The Kier molecular flexibility index (Phi) is 14.4. The minimum absolute atomic E-state index is 0.00913. The van der Waals surface area contributed by atoms with Crippen molar-refractivity contribution in [2.75, 3.05) is 62.9 Å². The topological polar surface area (TPSA) is 222 Å². The van der Waals surface area contributed by atoms with Crippen molar-refractivity contribution < 1.29 is 38.2 Å². The second-order valence-corrected chi connectivity index (χ2v) is 17.0. The van der Waals surface area contributed by atoms with Crippen LogP contribution in [0.2, 0.25) is 0 Å². The summed E-state index contributed by atoms with van der Waals surface area (Å²) in [4.78, 5) is 90.7. The maximum Gasteiger partial charge on any atom is 0.322 e. The standard InChI is InChI=1S/C45H57N11O8/c1-27(2)32-25-48-56-40(32)51-45(64-30-18-21-54(5)22-19-30)52-44(56)47-24-28-23-29(14-15-33(28)53(3)4)49-36(57)13-8-6-7-9-20-46-38(59)26-63-35-12-10-11-31-39(35)43(62)55(42(31)61)34-16-17-37(58)50-41(34)60/h10-12,14-15,23,25,27,30,34H,6-9,13,16-22,24,26H2,1-5H3,(H,46,59)(H,49,57)(H,47,51,52)(H,50,58,60). The van der Waals surface area contributed by atoms with Gasteiger partial charge in [0.05, 0.1) is 17.3 Å². The number of hydrogen-bond acceptors (Lipinski definition) is 14. The zero-order chi connectivity index (χ0) is 45.5. The lowest BCUT2D eigenvalue weighted by molar-refractivity contribution is -0.136. The van der Waals surface area contributed by atoms with Crippen molar-refractivity contribution in [2.45, 2.75) is 96.2 Å². The fourth-order valence-electron chi connectivity index (χ4n) is 8.13. The van der Waals surface area contributed by atoms with Crippen LogP contribution in [0.5, 0.6) is 11.8 Å². The van der Waals surface area contributed by atoms with Gasteiger partial charge in [0.25, 0.3) is 17.7 Å². The molecule has 4 N–H and O–H groups in total. The monoisotopic (exact) mass is 879 g/mol. The summed E-state index contributed by atoms with van der Waals surface area (Å²) in [7, 11) is 6.06. The molecule has 2 aromatic carbocycles. The second-order valence-electron chi connectivity index (χ2n) is 17.0. The number of nitrogens with zero attached hydrogens (tertiary/aromatic N) is 7. The van der Waals surface area contributed by atoms with E-state index in [4.69, 9.17) is 19.4 Å². The van der Waals surface area contributed by atoms with Gasteiger partial charge in [-0.1, -0.05) is 32.8 Å². The molecule has 2 saturated heterocycles. The van der Waals surface area contributed by atoms with Crippen LogP contribution in [-0.4, -0.2) is 124 Å². The normalized spacial score (nSPS) is 16.8. The van der Waals surface area contributed by atoms with Gasteiger partial charge in [0.1, 0.15) is 17.9 Å². The third-order valence-corrected chi connectivity index (χ3v) is 11.7. The molecule has 0 radical (unpaired) electrons. The lowest BCUT2D eigenvalue weighted by atomic mass is 10.0. The van der Waals surface area contributed by atoms with Crippen molar-refractivity contribution in [3.63, 3.8) is 0 Å². The summed E-state index contributed by atoms with van der Waals surface area (Å²) in [6.07, 6.45) is 6.98. The number of rotatable bonds is 19. The molecule has 5 heterocycles. The number of nitrogens with one attached hydrogen (secondary N) is 4. The fourth-order valence-corrected chi connectivity index (χ4v) is 8.13. The third kappa shape index (κ3) is 10.6. The summed E-state index contributed by atoms with van der Waals surface area (Å²) < 4.78 is 13.7. The van der Waals surface area contributed by atoms with Gasteiger partial charge in [-0.15, -0.1) is 0 Å². The molecule has 340 valence electrons. The number of piperidine rings is 2. The maximum absolute atomic E-state index is 13.3. The van der Waals surface area contributed by atoms with Gasteiger partial charge in [0.2, 0.25) is 23.7 Å². The number of unbranched alkanes of at least 4 members (excludes halogenated alkanes) is 3. The average Bonchev–Trinajstić information content (AvgIpc) is 3.81. The van der Waals surface area contributed by atoms with Gasteiger partial charge in [-0.05, 0) is 81.0 Å². The smallest absolute Gasteiger partial charge is 0.322 e. The molecule has 4 aromatic rings. The minimum atomic E-state index is -1.10. The molecule has 19 heteroatoms. The van der Waals surface area contributed by atoms with Crippen LogP contribution in [0.1, 0.15) is 109 Å². The van der Waals surface area contributed by atoms with Gasteiger partial charge >= 0.3 is 6.01 Å². The van der Waals surface area contributed by atoms with Crippen LogP contribution in [0.3, 0.4) is 0 Å². The number of aromatic nitrogens is 4. The Balaban J connectivity index is 0.850. The molecule has 2 aromatic heterocycles. The highest BCUT2D eigenvalue weighted by molar-refractivity contribution is 6.24. The zero-order valence-corrected chi connectivity index (χ0v) is 37.1. The predicted molar refractivity (Wildman–Crippen MR) is 237 cm³/mol. The first kappa shape index (κ1) is 45.4. The molecular formula is C45H57N11O8. The molecular weight excluding hydrogens is 823 g/mol. The minimum Gasteiger partial charge on any atom is -0.483 e. The molecule has 7 rings (SSSR count). The highest BCUT2D eigenvalue weighted by Gasteiger charge is 2.46. The van der Waals surface area contributed by atoms with Gasteiger partial charge in [0.15, 0.2) is 12.3 Å². The van der Waals surface area contributed by atoms with Crippen molar-refractivity contribution in [1.29, 1.82) is 0 Å². The molecule has 0 spiro atoms. The van der Waals surface area contributed by atoms with Gasteiger partial charge in [-0.3, -0.25) is 39.0 Å². The first-order valence-electron chi connectivity index (χ1n) is 22.0. The quantitative estimate of drug-likeness (QED) is 0.0776. The first-order chi connectivity index (χ1) is 30.8. The molecule has 6 amide bonds. The van der Waals surface area contributed by atoms with Crippen LogP contribution in [-0.2, 0) is 25.7 Å². The van der Waals surface area contributed by atoms with Crippen molar-refractivity contribution in [3.8, 4) is 11.8 Å². The molecule has 0 aliphatic carbocycles. The Morgan fingerprint density at radius 3 is 2.48 bits per heavy atom. The van der Waals surface area contributed by atoms with E-state index >= 15 is 0 Å². The molecule has 1 unspecified atom stereocenters. The Labute approximate surface area is 371 Å². The summed E-state index contributed by atoms with van der Waals surface area (Å²) in [5, 5.41) is 16.1. The van der Waals surface area contributed by atoms with E-state index in [-0.39, 0.29) is 54.3 Å². The number of carbonyl (C=O) groups excluding carboxylic acids is 6. The third-order valence-electron chi connectivity index (χ3n) is 11.7. The van der Waals surface area contributed by atoms with Crippen LogP contribution < -0.4 is 35.6 Å². The van der Waals surface area contributed by atoms with Crippen LogP contribution in [0, 0.1) is 0 Å². The Morgan fingerprint density at radius 2 is 1.73 bits per heavy atom. The van der Waals surface area contributed by atoms with Gasteiger partial charge in [-0.2, -0.15) is 19.6 Å². The van der Waals surface area contributed by atoms with E-state index in [9.17, 15) is 28.8 Å². The van der Waals surface area contributed by atoms with Crippen molar-refractivity contribution in [2.24, 2.45) is 0 Å². The Bertz CT molecular complexity index is 2410. The Morgan fingerprint density at radius 1 is 0.953 bits per heavy atom. The van der Waals surface area contributed by atoms with Crippen molar-refractivity contribution >= 4 is 58.4 Å². The van der Waals surface area contributed by atoms with Crippen molar-refractivity contribution in [3.05, 3.63) is 64.8 Å². The van der Waals surface area contributed by atoms with E-state index in [1.54, 1.807) is 4.52 Å². The highest BCUT2D eigenvalue weighted by Crippen LogP contribution is 2.34. The summed E-state index contributed by atoms with van der Waals surface area (Å²) in [5.74, 6) is -2.26. The summed E-state index contributed by atoms with van der Waals surface area (Å²) in [6.45, 7) is 6.53. The number of ether oxygens (including phenoxy) is 2. The molecule has 3 aliphatic heterocycles. The first-order valence-corrected chi connectivity index (χ1v) is 22.0. The molecule has 19 nitrogen and oxygen atoms in total. The van der Waals surface area contributed by atoms with E-state index in [1.165, 1.54) is 18.2 Å². The van der Waals surface area contributed by atoms with Crippen LogP contribution in [0.25, 0.3) is 5.65 Å². The van der Waals surface area contributed by atoms with Crippen LogP contribution in [0.4, 0.5) is 17.3 Å². The number of benzene rings is 2. The van der Waals surface area contributed by atoms with E-state index in [0.29, 0.717) is 55.6 Å². The number of amides is 6. The zero-order valence-electron chi connectivity index (χ0n) is 37.1. The van der Waals surface area contributed by atoms with Crippen LogP contribution in [0.15, 0.2) is 42.6 Å². The van der Waals surface area contributed by atoms with E-state index in [1.807, 2.05) is 43.4 Å². The molecule has 64 heavy (non-hydrogen) atoms. The Hall–Kier alpha value is -6.63. The predicted octanol–water partition coefficient (Wildman–Crippen LogP) is 3.88. The number of hydrogen-bond donors (Lipinski definition) is 4. The second kappa shape index (κ2) is 20.3. The van der Waals surface area contributed by atoms with E-state index in [2.05, 4.69) is 52.2 Å². The lowest BCUT2D eigenvalue weighted by Gasteiger charge is -2.28. The van der Waals surface area contributed by atoms with Crippen LogP contribution >= 0.6 is 0 Å². The molecule has 2 fully saturated rings. The summed E-state index contributed by atoms with van der Waals surface area (Å²) in [6, 6.07) is 9.53. The highest BCUT2D eigenvalue weighted by atomic mass is 16.5. The summed E-state index contributed by atoms with van der Waals surface area (Å²) >= 11 is 0. The number of anilines is 3. The number of fused-ring (bicyclic) bond motifs is 2. The van der Waals surface area contributed by atoms with Crippen molar-refractivity contribution in [1.82, 2.24) is 40.0 Å². The SMILES string of the molecule is CC(C)c1cnn2c(NCc3cc(NC(=O)CCCCCCNC(=O)COc4cccc5c4C(=O)N(C4CCC(=O)NC4=O)C5=O)ccc3N(C)C)nc(OC3CCN(C)CC3)nc12. The number of likely N-dealkylation sites (tertiary alicyclic amines) is 1. The number of carbonyl (C=O) groups is 6. The molecule has 0 bridgehead atoms. The summed E-state index contributed by atoms with van der Waals surface area (Å²) in [5.41, 5.74) is 4.37. The number of imide groups is 2. The van der Waals surface area contributed by atoms with Gasteiger partial charge < -0.3 is 35.2 Å². The lowest BCUT2D eigenvalue weighted by Crippen LogP contribution is -2.54. The fraction of sp³-hybridized carbons (Fsp3) is 0.489. The maximum atomic E-state index is 13.3. The molecule has 0 saturated carbocycles. The van der Waals surface area contributed by atoms with E-state index in [0.717, 1.165) is 60.5 Å². The van der Waals surface area contributed by atoms with Gasteiger partial charge in [0, 0.05) is 70.1 Å². The molecule has 1 atom stereocenters. The van der Waals surface area contributed by atoms with E-state index < -0.39 is 35.6 Å².